The first-order valence-electron chi connectivity index (χ1n) is 20.0. The minimum atomic E-state index is -2.07. The van der Waals surface area contributed by atoms with Gasteiger partial charge in [0, 0.05) is 61.2 Å². The number of anilines is 1. The molecule has 6 N–H and O–H groups in total. The summed E-state index contributed by atoms with van der Waals surface area (Å²) in [5.74, 6) is -8.69. The molecule has 0 aliphatic carbocycles. The summed E-state index contributed by atoms with van der Waals surface area (Å²) in [7, 11) is 2.98. The van der Waals surface area contributed by atoms with E-state index in [1.807, 2.05) is 0 Å². The van der Waals surface area contributed by atoms with Gasteiger partial charge in [-0.2, -0.15) is 5.10 Å². The number of aliphatic hydroxyl groups is 2. The first kappa shape index (κ1) is 45.9. The second kappa shape index (κ2) is 17.8. The zero-order valence-electron chi connectivity index (χ0n) is 35.8. The molecule has 9 atom stereocenters. The van der Waals surface area contributed by atoms with Gasteiger partial charge in [-0.05, 0) is 19.9 Å². The van der Waals surface area contributed by atoms with Gasteiger partial charge >= 0.3 is 11.8 Å². The monoisotopic (exact) mass is 838 g/mol. The van der Waals surface area contributed by atoms with Crippen molar-refractivity contribution < 1.29 is 63.5 Å². The molecule has 1 saturated heterocycles. The molecule has 6 rings (SSSR count). The minimum absolute atomic E-state index is 0.0279. The molecule has 17 nitrogen and oxygen atoms in total. The summed E-state index contributed by atoms with van der Waals surface area (Å²) < 4.78 is 23.1. The number of allylic oxidation sites excluding steroid dienone is 2. The number of benzene rings is 2. The lowest BCUT2D eigenvalue weighted by Crippen LogP contribution is -2.52. The number of aliphatic hydroxyl groups excluding tert-OH is 2. The Kier molecular flexibility index (Phi) is 13.6. The third-order valence-corrected chi connectivity index (χ3v) is 12.0. The highest BCUT2D eigenvalue weighted by Gasteiger charge is 2.50. The number of ketones is 1. The van der Waals surface area contributed by atoms with Crippen LogP contribution < -0.4 is 10.1 Å². The van der Waals surface area contributed by atoms with Gasteiger partial charge in [0.2, 0.25) is 0 Å². The third-order valence-electron chi connectivity index (χ3n) is 12.0. The van der Waals surface area contributed by atoms with Crippen LogP contribution in [-0.2, 0) is 23.8 Å². The maximum absolute atomic E-state index is 14.4. The van der Waals surface area contributed by atoms with Crippen LogP contribution in [0, 0.1) is 35.8 Å². The number of nitrogens with one attached hydrogen (secondary N) is 1. The summed E-state index contributed by atoms with van der Waals surface area (Å²) in [5.41, 5.74) is -0.581. The summed E-state index contributed by atoms with van der Waals surface area (Å²) in [6, 6.07) is 0. The molecule has 1 fully saturated rings. The van der Waals surface area contributed by atoms with Crippen LogP contribution in [-0.4, -0.2) is 130 Å². The lowest BCUT2D eigenvalue weighted by atomic mass is 9.78. The second-order valence-electron chi connectivity index (χ2n) is 16.6. The molecule has 1 amide bonds. The van der Waals surface area contributed by atoms with Gasteiger partial charge in [0.1, 0.15) is 23.4 Å². The van der Waals surface area contributed by atoms with Crippen LogP contribution in [0.1, 0.15) is 70.0 Å². The number of esters is 1. The van der Waals surface area contributed by atoms with E-state index < -0.39 is 93.4 Å². The van der Waals surface area contributed by atoms with Crippen LogP contribution in [0.15, 0.2) is 41.2 Å². The van der Waals surface area contributed by atoms with Crippen LogP contribution >= 0.6 is 0 Å². The Morgan fingerprint density at radius 2 is 1.65 bits per heavy atom. The Bertz CT molecular complexity index is 2120. The number of nitrogens with zero attached hydrogens (tertiary/aromatic N) is 3. The van der Waals surface area contributed by atoms with E-state index in [-0.39, 0.29) is 70.7 Å². The number of rotatable bonds is 4. The Balaban J connectivity index is 1.70. The Morgan fingerprint density at radius 3 is 2.27 bits per heavy atom. The SMILES string of the molecule is COC1C=COC2(C)Oc3c(C)c(O)c4c(O)c(c(/C=N/N5CC[N+](C)([O-])CC5)c(O)c4c3C2=O)NC(=O)C(C)=CC=CC(C)C(O)C(C)C(O)C(C)C(OC(C)=O)C1C. The van der Waals surface area contributed by atoms with Crippen molar-refractivity contribution >= 4 is 40.3 Å². The number of piperazine rings is 1. The molecular formula is C43H58N4O13. The normalized spacial score (nSPS) is 30.4. The van der Waals surface area contributed by atoms with E-state index in [0.717, 1.165) is 0 Å². The van der Waals surface area contributed by atoms with Gasteiger partial charge in [-0.25, -0.2) is 0 Å². The van der Waals surface area contributed by atoms with Crippen LogP contribution in [0.2, 0.25) is 0 Å². The van der Waals surface area contributed by atoms with Crippen molar-refractivity contribution in [3.8, 4) is 23.0 Å². The zero-order chi connectivity index (χ0) is 44.6. The lowest BCUT2D eigenvalue weighted by molar-refractivity contribution is -0.865. The van der Waals surface area contributed by atoms with Crippen molar-refractivity contribution in [3.05, 3.63) is 58.0 Å². The molecule has 9 unspecified atom stereocenters. The van der Waals surface area contributed by atoms with Crippen molar-refractivity contribution in [2.75, 3.05) is 45.7 Å². The van der Waals surface area contributed by atoms with E-state index in [2.05, 4.69) is 10.4 Å². The topological polar surface area (TPSA) is 240 Å². The van der Waals surface area contributed by atoms with Crippen LogP contribution in [0.4, 0.5) is 5.69 Å². The molecule has 0 spiro atoms. The first-order valence-corrected chi connectivity index (χ1v) is 20.0. The van der Waals surface area contributed by atoms with Crippen molar-refractivity contribution in [3.63, 3.8) is 0 Å². The number of phenols is 3. The average molecular weight is 839 g/mol. The number of likely N-dealkylation sites (N-methyl/N-ethyl adjacent to an activating group) is 1. The number of hydrazone groups is 1. The zero-order valence-corrected chi connectivity index (χ0v) is 35.8. The van der Waals surface area contributed by atoms with E-state index >= 15 is 0 Å². The molecule has 2 aromatic rings. The number of phenolic OH excluding ortho intramolecular Hbond substituents is 3. The highest BCUT2D eigenvalue weighted by molar-refractivity contribution is 6.23. The van der Waals surface area contributed by atoms with E-state index in [1.165, 1.54) is 59.4 Å². The standard InChI is InChI=1S/C43H58N4O13/c1-21-12-11-13-22(2)42(55)45-33-28(20-44-46-15-17-47(9,56)18-16-46)37(52)30-31(38(33)53)36(51)26(6)40-32(30)41(54)43(8,60-40)58-19-14-29(57-10)23(3)39(59-27(7)48)25(5)35(50)24(4)34(21)49/h11-14,19-21,23-25,29,34-35,39,49-53H,15-18H2,1-10H3,(H,45,55)/b12-11?,19-14?,22-13?,44-20+. The fraction of sp³-hybridized carbons (Fsp3) is 0.535. The van der Waals surface area contributed by atoms with Gasteiger partial charge < -0.3 is 59.7 Å². The number of aromatic hydroxyl groups is 3. The molecule has 0 aromatic heterocycles. The van der Waals surface area contributed by atoms with Crippen molar-refractivity contribution in [1.82, 2.24) is 5.01 Å². The van der Waals surface area contributed by atoms with E-state index in [1.54, 1.807) is 51.9 Å². The van der Waals surface area contributed by atoms with Crippen molar-refractivity contribution in [1.29, 1.82) is 0 Å². The second-order valence-corrected chi connectivity index (χ2v) is 16.6. The number of quaternary nitrogens is 1. The van der Waals surface area contributed by atoms with Gasteiger partial charge in [-0.3, -0.25) is 19.4 Å². The molecule has 4 aliphatic heterocycles. The maximum atomic E-state index is 14.4. The third kappa shape index (κ3) is 8.95. The molecule has 60 heavy (non-hydrogen) atoms. The fourth-order valence-electron chi connectivity index (χ4n) is 8.00. The minimum Gasteiger partial charge on any atom is -0.633 e. The molecule has 17 heteroatoms. The summed E-state index contributed by atoms with van der Waals surface area (Å²) in [5, 5.41) is 78.9. The Hall–Kier alpha value is -5.20. The van der Waals surface area contributed by atoms with Crippen LogP contribution in [0.5, 0.6) is 23.0 Å². The fourth-order valence-corrected chi connectivity index (χ4v) is 8.00. The quantitative estimate of drug-likeness (QED) is 0.0627. The molecule has 4 aliphatic rings. The lowest BCUT2D eigenvalue weighted by Gasteiger charge is -2.44. The van der Waals surface area contributed by atoms with Crippen LogP contribution in [0.3, 0.4) is 0 Å². The number of fused-ring (bicyclic) bond motifs is 14. The smallest absolute Gasteiger partial charge is 0.312 e. The van der Waals surface area contributed by atoms with E-state index in [0.29, 0.717) is 0 Å². The average Bonchev–Trinajstić information content (AvgIpc) is 3.46. The number of hydrogen-bond acceptors (Lipinski definition) is 15. The van der Waals surface area contributed by atoms with Gasteiger partial charge in [0.05, 0.1) is 86.2 Å². The molecule has 4 heterocycles. The number of hydroxylamine groups is 3. The predicted octanol–water partition coefficient (Wildman–Crippen LogP) is 4.35. The molecule has 0 saturated carbocycles. The number of carbonyl (C=O) groups excluding carboxylic acids is 3. The summed E-state index contributed by atoms with van der Waals surface area (Å²) in [6.45, 7) is 13.4. The predicted molar refractivity (Wildman–Crippen MR) is 222 cm³/mol. The van der Waals surface area contributed by atoms with Crippen LogP contribution in [0.25, 0.3) is 10.8 Å². The number of ether oxygens (including phenoxy) is 4. The molecule has 2 aromatic carbocycles. The van der Waals surface area contributed by atoms with Crippen molar-refractivity contribution in [2.24, 2.45) is 28.8 Å². The van der Waals surface area contributed by atoms with E-state index in [4.69, 9.17) is 18.9 Å². The van der Waals surface area contributed by atoms with Crippen molar-refractivity contribution in [2.45, 2.75) is 85.6 Å². The Morgan fingerprint density at radius 1 is 1.00 bits per heavy atom. The number of amides is 1. The number of hydrogen-bond donors (Lipinski definition) is 6. The van der Waals surface area contributed by atoms with Gasteiger partial charge in [0.25, 0.3) is 11.7 Å². The molecule has 0 radical (unpaired) electrons. The van der Waals surface area contributed by atoms with Gasteiger partial charge in [0.15, 0.2) is 5.75 Å². The number of methoxy groups -OCH3 is 1. The maximum Gasteiger partial charge on any atom is 0.312 e. The van der Waals surface area contributed by atoms with E-state index in [9.17, 15) is 45.1 Å². The highest BCUT2D eigenvalue weighted by Crippen LogP contribution is 2.55. The highest BCUT2D eigenvalue weighted by atomic mass is 16.7. The van der Waals surface area contributed by atoms with Gasteiger partial charge in [-0.1, -0.05) is 45.9 Å². The van der Waals surface area contributed by atoms with Gasteiger partial charge in [-0.15, -0.1) is 0 Å². The largest absolute Gasteiger partial charge is 0.633 e. The summed E-state index contributed by atoms with van der Waals surface area (Å²) in [6.07, 6.45) is 4.60. The first-order chi connectivity index (χ1) is 28.0. The summed E-state index contributed by atoms with van der Waals surface area (Å²) in [4.78, 5) is 40.5. The number of carbonyl (C=O) groups is 3. The molecule has 328 valence electrons. The Labute approximate surface area is 349 Å². The summed E-state index contributed by atoms with van der Waals surface area (Å²) >= 11 is 0. The number of Topliss-reactive ketones (excluding diaryl/α,β-unsaturated/α-hetero) is 1. The molecular weight excluding hydrogens is 780 g/mol. The molecule has 5 bridgehead atoms.